The van der Waals surface area contributed by atoms with Gasteiger partial charge in [-0.3, -0.25) is 19.9 Å². The van der Waals surface area contributed by atoms with E-state index < -0.39 is 4.92 Å². The zero-order chi connectivity index (χ0) is 24.6. The first kappa shape index (κ1) is 23.0. The van der Waals surface area contributed by atoms with E-state index in [2.05, 4.69) is 41.4 Å². The molecule has 0 radical (unpaired) electrons. The predicted molar refractivity (Wildman–Crippen MR) is 133 cm³/mol. The second-order valence-corrected chi connectivity index (χ2v) is 9.53. The first-order valence-electron chi connectivity index (χ1n) is 11.7. The number of anilines is 2. The van der Waals surface area contributed by atoms with Crippen LogP contribution >= 0.6 is 0 Å². The summed E-state index contributed by atoms with van der Waals surface area (Å²) in [7, 11) is 0. The average Bonchev–Trinajstić information content (AvgIpc) is 3.14. The number of amides is 2. The van der Waals surface area contributed by atoms with E-state index in [1.807, 2.05) is 0 Å². The minimum Gasteiger partial charge on any atom is -0.308 e. The Bertz CT molecular complexity index is 1270. The summed E-state index contributed by atoms with van der Waals surface area (Å²) in [6.45, 7) is 5.17. The van der Waals surface area contributed by atoms with Crippen LogP contribution in [0.1, 0.15) is 29.5 Å². The molecule has 0 bridgehead atoms. The molecule has 3 aromatic rings. The van der Waals surface area contributed by atoms with E-state index >= 15 is 0 Å². The van der Waals surface area contributed by atoms with Gasteiger partial charge in [0.25, 0.3) is 5.69 Å². The quantitative estimate of drug-likeness (QED) is 0.393. The number of fused-ring (bicyclic) bond motifs is 2. The predicted octanol–water partition coefficient (Wildman–Crippen LogP) is 5.63. The second kappa shape index (κ2) is 9.11. The second-order valence-electron chi connectivity index (χ2n) is 9.53. The molecule has 0 atom stereocenters. The number of nitrogens with one attached hydrogen (secondary N) is 1. The third-order valence-corrected chi connectivity index (χ3v) is 7.16. The highest BCUT2D eigenvalue weighted by atomic mass is 19.1. The molecule has 0 aromatic heterocycles. The molecule has 1 spiro atoms. The molecule has 0 unspecified atom stereocenters. The normalized spacial score (nSPS) is 16.8. The van der Waals surface area contributed by atoms with E-state index in [1.165, 1.54) is 41.5 Å². The van der Waals surface area contributed by atoms with Crippen molar-refractivity contribution in [3.63, 3.8) is 0 Å². The van der Waals surface area contributed by atoms with Crippen molar-refractivity contribution in [1.82, 2.24) is 4.90 Å². The molecule has 3 aromatic carbocycles. The maximum Gasteiger partial charge on any atom is 0.326 e. The number of rotatable bonds is 4. The van der Waals surface area contributed by atoms with Crippen LogP contribution in [-0.2, 0) is 12.0 Å². The largest absolute Gasteiger partial charge is 0.326 e. The third-order valence-electron chi connectivity index (χ3n) is 7.16. The first-order chi connectivity index (χ1) is 16.8. The van der Waals surface area contributed by atoms with Crippen molar-refractivity contribution in [2.45, 2.75) is 31.7 Å². The lowest BCUT2D eigenvalue weighted by molar-refractivity contribution is -0.384. The highest BCUT2D eigenvalue weighted by Crippen LogP contribution is 2.47. The Morgan fingerprint density at radius 2 is 1.83 bits per heavy atom. The smallest absolute Gasteiger partial charge is 0.308 e. The molecule has 2 aliphatic rings. The molecule has 35 heavy (non-hydrogen) atoms. The van der Waals surface area contributed by atoms with Crippen molar-refractivity contribution in [2.24, 2.45) is 0 Å². The first-order valence-corrected chi connectivity index (χ1v) is 11.7. The van der Waals surface area contributed by atoms with Gasteiger partial charge in [0.2, 0.25) is 0 Å². The van der Waals surface area contributed by atoms with Gasteiger partial charge >= 0.3 is 6.03 Å². The van der Waals surface area contributed by atoms with Gasteiger partial charge in [0, 0.05) is 42.0 Å². The van der Waals surface area contributed by atoms with Crippen LogP contribution in [0.25, 0.3) is 0 Å². The van der Waals surface area contributed by atoms with Gasteiger partial charge in [-0.25, -0.2) is 9.18 Å². The maximum absolute atomic E-state index is 14.3. The van der Waals surface area contributed by atoms with E-state index in [0.29, 0.717) is 12.2 Å². The highest BCUT2D eigenvalue weighted by molar-refractivity contribution is 6.03. The lowest BCUT2D eigenvalue weighted by atomic mass is 9.74. The van der Waals surface area contributed by atoms with Crippen LogP contribution in [0.2, 0.25) is 0 Å². The molecule has 1 fully saturated rings. The number of urea groups is 1. The fourth-order valence-corrected chi connectivity index (χ4v) is 5.32. The Labute approximate surface area is 203 Å². The van der Waals surface area contributed by atoms with Crippen molar-refractivity contribution in [3.05, 3.63) is 99.4 Å². The topological polar surface area (TPSA) is 78.7 Å². The van der Waals surface area contributed by atoms with E-state index in [0.717, 1.165) is 43.7 Å². The summed E-state index contributed by atoms with van der Waals surface area (Å²) in [5.74, 6) is -0.303. The zero-order valence-corrected chi connectivity index (χ0v) is 19.5. The van der Waals surface area contributed by atoms with Crippen LogP contribution in [0.15, 0.2) is 66.7 Å². The Morgan fingerprint density at radius 1 is 1.09 bits per heavy atom. The number of hydrogen-bond acceptors (Lipinski definition) is 4. The standard InChI is InChI=1S/C27H27FN4O3/c1-19-3-2-4-20(15-19)17-30-13-11-27(12-14-30)18-31(25-10-5-21(28)16-24(25)27)26(33)29-22-6-8-23(9-7-22)32(34)35/h2-10,15-16H,11-14,17-18H2,1H3,(H,29,33). The van der Waals surface area contributed by atoms with Crippen LogP contribution in [0, 0.1) is 22.9 Å². The molecule has 180 valence electrons. The van der Waals surface area contributed by atoms with Crippen LogP contribution in [-0.4, -0.2) is 35.5 Å². The van der Waals surface area contributed by atoms with E-state index in [1.54, 1.807) is 17.0 Å². The number of halogens is 1. The molecule has 8 heteroatoms. The summed E-state index contributed by atoms with van der Waals surface area (Å²) in [5.41, 5.74) is 4.26. The number of nitro benzene ring substituents is 1. The molecule has 2 amide bonds. The molecule has 1 N–H and O–H groups in total. The number of likely N-dealkylation sites (tertiary alicyclic amines) is 1. The van der Waals surface area contributed by atoms with Gasteiger partial charge in [-0.2, -0.15) is 0 Å². The third kappa shape index (κ3) is 4.61. The molecule has 5 rings (SSSR count). The van der Waals surface area contributed by atoms with Gasteiger partial charge in [-0.15, -0.1) is 0 Å². The van der Waals surface area contributed by atoms with Gasteiger partial charge in [0.1, 0.15) is 5.82 Å². The Balaban J connectivity index is 1.32. The lowest BCUT2D eigenvalue weighted by Gasteiger charge is -2.40. The number of carbonyl (C=O) groups excluding carboxylic acids is 1. The summed E-state index contributed by atoms with van der Waals surface area (Å²) in [4.78, 5) is 27.7. The van der Waals surface area contributed by atoms with Crippen molar-refractivity contribution >= 4 is 23.1 Å². The van der Waals surface area contributed by atoms with Crippen LogP contribution < -0.4 is 10.2 Å². The van der Waals surface area contributed by atoms with Gasteiger partial charge in [0.15, 0.2) is 0 Å². The van der Waals surface area contributed by atoms with E-state index in [9.17, 15) is 19.3 Å². The van der Waals surface area contributed by atoms with Gasteiger partial charge in [-0.1, -0.05) is 29.8 Å². The Hall–Kier alpha value is -3.78. The number of non-ortho nitro benzene ring substituents is 1. The molecule has 7 nitrogen and oxygen atoms in total. The molecule has 2 aliphatic heterocycles. The number of nitrogens with zero attached hydrogens (tertiary/aromatic N) is 3. The summed E-state index contributed by atoms with van der Waals surface area (Å²) < 4.78 is 14.3. The molecular weight excluding hydrogens is 447 g/mol. The van der Waals surface area contributed by atoms with Gasteiger partial charge < -0.3 is 5.32 Å². The number of nitro groups is 1. The molecule has 1 saturated heterocycles. The molecule has 0 aliphatic carbocycles. The summed E-state index contributed by atoms with van der Waals surface area (Å²) in [5, 5.41) is 13.7. The Morgan fingerprint density at radius 3 is 2.51 bits per heavy atom. The molecule has 2 heterocycles. The minimum absolute atomic E-state index is 0.0404. The number of benzene rings is 3. The van der Waals surface area contributed by atoms with Gasteiger partial charge in [-0.05, 0) is 74.3 Å². The van der Waals surface area contributed by atoms with Crippen LogP contribution in [0.5, 0.6) is 0 Å². The summed E-state index contributed by atoms with van der Waals surface area (Å²) >= 11 is 0. The SMILES string of the molecule is Cc1cccc(CN2CCC3(CC2)CN(C(=O)Nc2ccc([N+](=O)[O-])cc2)c2ccc(F)cc23)c1. The fourth-order valence-electron chi connectivity index (χ4n) is 5.32. The minimum atomic E-state index is -0.480. The zero-order valence-electron chi connectivity index (χ0n) is 19.5. The molecule has 0 saturated carbocycles. The van der Waals surface area contributed by atoms with Gasteiger partial charge in [0.05, 0.1) is 4.92 Å². The van der Waals surface area contributed by atoms with Crippen molar-refractivity contribution in [1.29, 1.82) is 0 Å². The highest BCUT2D eigenvalue weighted by Gasteiger charge is 2.46. The van der Waals surface area contributed by atoms with Crippen molar-refractivity contribution in [2.75, 3.05) is 29.9 Å². The van der Waals surface area contributed by atoms with E-state index in [4.69, 9.17) is 0 Å². The van der Waals surface area contributed by atoms with Crippen LogP contribution in [0.3, 0.4) is 0 Å². The Kier molecular flexibility index (Phi) is 5.98. The number of piperidine rings is 1. The average molecular weight is 475 g/mol. The molecular formula is C27H27FN4O3. The maximum atomic E-state index is 14.3. The fraction of sp³-hybridized carbons (Fsp3) is 0.296. The number of aryl methyl sites for hydroxylation is 1. The van der Waals surface area contributed by atoms with Crippen molar-refractivity contribution in [3.8, 4) is 0 Å². The monoisotopic (exact) mass is 474 g/mol. The summed E-state index contributed by atoms with van der Waals surface area (Å²) in [6, 6.07) is 18.6. The van der Waals surface area contributed by atoms with E-state index in [-0.39, 0.29) is 23.0 Å². The number of hydrogen-bond donors (Lipinski definition) is 1. The lowest BCUT2D eigenvalue weighted by Crippen LogP contribution is -2.46. The van der Waals surface area contributed by atoms with Crippen LogP contribution in [0.4, 0.5) is 26.2 Å². The number of carbonyl (C=O) groups is 1. The summed E-state index contributed by atoms with van der Waals surface area (Å²) in [6.07, 6.45) is 1.66. The van der Waals surface area contributed by atoms with Crippen molar-refractivity contribution < 1.29 is 14.1 Å².